The van der Waals surface area contributed by atoms with E-state index in [9.17, 15) is 0 Å². The predicted octanol–water partition coefficient (Wildman–Crippen LogP) is 3.02. The molecule has 0 spiro atoms. The maximum absolute atomic E-state index is 8.69. The molecule has 5 heteroatoms. The zero-order valence-electron chi connectivity index (χ0n) is 11.7. The number of para-hydroxylation sites is 1. The van der Waals surface area contributed by atoms with E-state index in [4.69, 9.17) is 11.0 Å². The first-order valence-electron chi connectivity index (χ1n) is 6.72. The summed E-state index contributed by atoms with van der Waals surface area (Å²) in [5.41, 5.74) is 9.32. The van der Waals surface area contributed by atoms with Gasteiger partial charge in [0.2, 0.25) is 6.19 Å². The van der Waals surface area contributed by atoms with Crippen LogP contribution < -0.4 is 5.73 Å². The van der Waals surface area contributed by atoms with Gasteiger partial charge in [-0.3, -0.25) is 0 Å². The zero-order valence-corrected chi connectivity index (χ0v) is 11.7. The molecule has 0 aliphatic rings. The molecule has 22 heavy (non-hydrogen) atoms. The average molecular weight is 287 g/mol. The highest BCUT2D eigenvalue weighted by molar-refractivity contribution is 5.95. The van der Waals surface area contributed by atoms with Gasteiger partial charge in [0.25, 0.3) is 0 Å². The van der Waals surface area contributed by atoms with Crippen molar-refractivity contribution in [3.8, 4) is 23.1 Å². The Bertz CT molecular complexity index is 842. The van der Waals surface area contributed by atoms with Crippen molar-refractivity contribution < 1.29 is 0 Å². The van der Waals surface area contributed by atoms with Crippen LogP contribution in [0.2, 0.25) is 0 Å². The summed E-state index contributed by atoms with van der Waals surface area (Å²) >= 11 is 0. The normalized spacial score (nSPS) is 10.7. The lowest BCUT2D eigenvalue weighted by molar-refractivity contribution is 0.895. The molecular weight excluding hydrogens is 274 g/mol. The molecule has 0 atom stereocenters. The number of hydrogen-bond acceptors (Lipinski definition) is 4. The minimum Gasteiger partial charge on any atom is -0.383 e. The number of nitrogens with two attached hydrogens (primary N) is 1. The molecule has 0 radical (unpaired) electrons. The third-order valence-corrected chi connectivity index (χ3v) is 3.26. The van der Waals surface area contributed by atoms with Crippen LogP contribution in [-0.4, -0.2) is 16.0 Å². The van der Waals surface area contributed by atoms with Gasteiger partial charge in [0.15, 0.2) is 0 Å². The molecule has 2 aromatic carbocycles. The molecule has 3 rings (SSSR count). The summed E-state index contributed by atoms with van der Waals surface area (Å²) in [5, 5.41) is 13.3. The lowest BCUT2D eigenvalue weighted by Gasteiger charge is -2.02. The highest BCUT2D eigenvalue weighted by atomic mass is 15.3. The first-order chi connectivity index (χ1) is 10.8. The largest absolute Gasteiger partial charge is 0.383 e. The molecule has 1 heterocycles. The Labute approximate surface area is 128 Å². The Morgan fingerprint density at radius 3 is 2.32 bits per heavy atom. The molecule has 2 N–H and O–H groups in total. The summed E-state index contributed by atoms with van der Waals surface area (Å²) < 4.78 is 1.65. The van der Waals surface area contributed by atoms with Gasteiger partial charge in [-0.2, -0.15) is 15.4 Å². The van der Waals surface area contributed by atoms with Crippen LogP contribution in [0.4, 0.5) is 5.82 Å². The van der Waals surface area contributed by atoms with Crippen LogP contribution in [-0.2, 0) is 0 Å². The van der Waals surface area contributed by atoms with Gasteiger partial charge in [-0.15, -0.1) is 0 Å². The molecule has 0 aliphatic carbocycles. The second-order valence-electron chi connectivity index (χ2n) is 4.62. The van der Waals surface area contributed by atoms with E-state index in [1.165, 1.54) is 6.21 Å². The third-order valence-electron chi connectivity index (χ3n) is 3.26. The lowest BCUT2D eigenvalue weighted by Crippen LogP contribution is -2.02. The maximum Gasteiger partial charge on any atom is 0.205 e. The highest BCUT2D eigenvalue weighted by Gasteiger charge is 2.16. The van der Waals surface area contributed by atoms with Crippen LogP contribution >= 0.6 is 0 Å². The second-order valence-corrected chi connectivity index (χ2v) is 4.62. The number of nitriles is 1. The van der Waals surface area contributed by atoms with E-state index < -0.39 is 0 Å². The Balaban J connectivity index is 2.21. The van der Waals surface area contributed by atoms with E-state index in [0.717, 1.165) is 11.3 Å². The fourth-order valence-corrected chi connectivity index (χ4v) is 2.24. The van der Waals surface area contributed by atoms with Gasteiger partial charge in [0, 0.05) is 5.56 Å². The van der Waals surface area contributed by atoms with Crippen LogP contribution in [0, 0.1) is 11.5 Å². The SMILES string of the molecule is N#CN=Cc1c(-c2ccccc2)nn(-c2ccccc2)c1N. The highest BCUT2D eigenvalue weighted by Crippen LogP contribution is 2.27. The molecule has 5 nitrogen and oxygen atoms in total. The van der Waals surface area contributed by atoms with Gasteiger partial charge in [-0.25, -0.2) is 4.68 Å². The average Bonchev–Trinajstić information content (AvgIpc) is 2.91. The Morgan fingerprint density at radius 1 is 1.05 bits per heavy atom. The molecule has 1 aromatic heterocycles. The Morgan fingerprint density at radius 2 is 1.68 bits per heavy atom. The van der Waals surface area contributed by atoms with Gasteiger partial charge in [0.05, 0.1) is 17.5 Å². The van der Waals surface area contributed by atoms with Crippen molar-refractivity contribution in [3.63, 3.8) is 0 Å². The fraction of sp³-hybridized carbons (Fsp3) is 0. The zero-order chi connectivity index (χ0) is 15.4. The minimum atomic E-state index is 0.448. The monoisotopic (exact) mass is 287 g/mol. The Kier molecular flexibility index (Phi) is 3.67. The standard InChI is InChI=1S/C17H13N5/c18-12-20-11-15-16(13-7-3-1-4-8-13)21-22(17(15)19)14-9-5-2-6-10-14/h1-11H,19H2. The number of nitrogen functional groups attached to an aromatic ring is 1. The van der Waals surface area contributed by atoms with Crippen LogP contribution in [0.1, 0.15) is 5.56 Å². The first kappa shape index (κ1) is 13.6. The van der Waals surface area contributed by atoms with Crippen LogP contribution in [0.15, 0.2) is 65.7 Å². The van der Waals surface area contributed by atoms with Crippen LogP contribution in [0.5, 0.6) is 0 Å². The second kappa shape index (κ2) is 5.94. The predicted molar refractivity (Wildman–Crippen MR) is 86.6 cm³/mol. The van der Waals surface area contributed by atoms with E-state index in [2.05, 4.69) is 10.1 Å². The van der Waals surface area contributed by atoms with Crippen LogP contribution in [0.25, 0.3) is 16.9 Å². The van der Waals surface area contributed by atoms with Gasteiger partial charge >= 0.3 is 0 Å². The van der Waals surface area contributed by atoms with Crippen molar-refractivity contribution in [2.75, 3.05) is 5.73 Å². The number of aliphatic imine (C=N–C) groups is 1. The number of hydrogen-bond donors (Lipinski definition) is 1. The van der Waals surface area contributed by atoms with Crippen molar-refractivity contribution in [1.29, 1.82) is 5.26 Å². The quantitative estimate of drug-likeness (QED) is 0.594. The number of benzene rings is 2. The summed E-state index contributed by atoms with van der Waals surface area (Å²) in [7, 11) is 0. The maximum atomic E-state index is 8.69. The molecule has 3 aromatic rings. The van der Waals surface area contributed by atoms with Crippen molar-refractivity contribution in [1.82, 2.24) is 9.78 Å². The summed E-state index contributed by atoms with van der Waals surface area (Å²) in [6, 6.07) is 19.3. The summed E-state index contributed by atoms with van der Waals surface area (Å²) in [4.78, 5) is 3.64. The fourth-order valence-electron chi connectivity index (χ4n) is 2.24. The number of anilines is 1. The number of rotatable bonds is 3. The van der Waals surface area contributed by atoms with Crippen molar-refractivity contribution in [2.45, 2.75) is 0 Å². The van der Waals surface area contributed by atoms with Crippen LogP contribution in [0.3, 0.4) is 0 Å². The number of aromatic nitrogens is 2. The van der Waals surface area contributed by atoms with E-state index >= 15 is 0 Å². The van der Waals surface area contributed by atoms with Crippen molar-refractivity contribution in [3.05, 3.63) is 66.2 Å². The molecular formula is C17H13N5. The molecule has 106 valence electrons. The summed E-state index contributed by atoms with van der Waals surface area (Å²) in [6.07, 6.45) is 3.20. The Hall–Kier alpha value is -3.39. The van der Waals surface area contributed by atoms with E-state index in [0.29, 0.717) is 17.1 Å². The minimum absolute atomic E-state index is 0.448. The van der Waals surface area contributed by atoms with Crippen molar-refractivity contribution >= 4 is 12.0 Å². The molecule has 0 saturated carbocycles. The van der Waals surface area contributed by atoms with Gasteiger partial charge < -0.3 is 5.73 Å². The lowest BCUT2D eigenvalue weighted by atomic mass is 10.1. The molecule has 0 bridgehead atoms. The molecule has 0 aliphatic heterocycles. The summed E-state index contributed by atoms with van der Waals surface area (Å²) in [5.74, 6) is 0.448. The summed E-state index contributed by atoms with van der Waals surface area (Å²) in [6.45, 7) is 0. The number of nitrogens with zero attached hydrogens (tertiary/aromatic N) is 4. The molecule has 0 unspecified atom stereocenters. The van der Waals surface area contributed by atoms with Crippen molar-refractivity contribution in [2.24, 2.45) is 4.99 Å². The first-order valence-corrected chi connectivity index (χ1v) is 6.72. The molecule has 0 fully saturated rings. The topological polar surface area (TPSA) is 80.0 Å². The smallest absolute Gasteiger partial charge is 0.205 e. The van der Waals surface area contributed by atoms with E-state index in [1.807, 2.05) is 60.7 Å². The van der Waals surface area contributed by atoms with Gasteiger partial charge in [-0.1, -0.05) is 48.5 Å². The molecule has 0 saturated heterocycles. The van der Waals surface area contributed by atoms with E-state index in [1.54, 1.807) is 10.9 Å². The van der Waals surface area contributed by atoms with Gasteiger partial charge in [-0.05, 0) is 12.1 Å². The molecule has 0 amide bonds. The third kappa shape index (κ3) is 2.45. The van der Waals surface area contributed by atoms with Gasteiger partial charge in [0.1, 0.15) is 11.5 Å². The van der Waals surface area contributed by atoms with E-state index in [-0.39, 0.29) is 0 Å².